The van der Waals surface area contributed by atoms with Crippen molar-refractivity contribution < 1.29 is 0 Å². The molecule has 6 heteroatoms. The Balaban J connectivity index is 2.10. The van der Waals surface area contributed by atoms with E-state index in [1.807, 2.05) is 18.2 Å². The van der Waals surface area contributed by atoms with Crippen molar-refractivity contribution in [2.75, 3.05) is 38.2 Å². The quantitative estimate of drug-likeness (QED) is 0.795. The molecular formula is C13H16Cl2N4. The van der Waals surface area contributed by atoms with Gasteiger partial charge in [-0.3, -0.25) is 0 Å². The minimum absolute atomic E-state index is 0.386. The van der Waals surface area contributed by atoms with Crippen molar-refractivity contribution in [3.8, 4) is 0 Å². The number of aromatic nitrogens is 2. The Hall–Kier alpha value is -0.970. The molecule has 0 saturated carbocycles. The summed E-state index contributed by atoms with van der Waals surface area (Å²) < 4.78 is 2.09. The molecule has 1 aliphatic rings. The summed E-state index contributed by atoms with van der Waals surface area (Å²) in [4.78, 5) is 6.89. The highest BCUT2D eigenvalue weighted by atomic mass is 35.5. The molecule has 2 heterocycles. The number of likely N-dealkylation sites (N-methyl/N-ethyl adjacent to an activating group) is 1. The molecule has 0 N–H and O–H groups in total. The van der Waals surface area contributed by atoms with Crippen molar-refractivity contribution in [2.24, 2.45) is 0 Å². The summed E-state index contributed by atoms with van der Waals surface area (Å²) in [5, 5.41) is 3.00. The Kier molecular flexibility index (Phi) is 3.56. The van der Waals surface area contributed by atoms with E-state index in [0.717, 1.165) is 48.1 Å². The molecule has 1 aliphatic heterocycles. The van der Waals surface area contributed by atoms with Crippen molar-refractivity contribution in [3.05, 3.63) is 29.0 Å². The Labute approximate surface area is 122 Å². The molecule has 19 heavy (non-hydrogen) atoms. The number of fused-ring (bicyclic) bond motifs is 1. The van der Waals surface area contributed by atoms with Crippen LogP contribution in [-0.4, -0.2) is 47.8 Å². The van der Waals surface area contributed by atoms with Gasteiger partial charge in [-0.25, -0.2) is 9.66 Å². The van der Waals surface area contributed by atoms with E-state index >= 15 is 0 Å². The molecule has 1 aromatic heterocycles. The van der Waals surface area contributed by atoms with Gasteiger partial charge in [0, 0.05) is 26.2 Å². The van der Waals surface area contributed by atoms with Crippen LogP contribution < -0.4 is 5.01 Å². The van der Waals surface area contributed by atoms with E-state index in [9.17, 15) is 0 Å². The van der Waals surface area contributed by atoms with Crippen LogP contribution >= 0.6 is 23.2 Å². The second kappa shape index (κ2) is 5.19. The van der Waals surface area contributed by atoms with Crippen LogP contribution in [0, 0.1) is 0 Å². The minimum atomic E-state index is 0.386. The van der Waals surface area contributed by atoms with Crippen LogP contribution in [0.4, 0.5) is 0 Å². The lowest BCUT2D eigenvalue weighted by molar-refractivity contribution is 0.288. The van der Waals surface area contributed by atoms with Gasteiger partial charge < -0.3 is 9.91 Å². The number of piperazine rings is 1. The zero-order valence-corrected chi connectivity index (χ0v) is 12.3. The molecule has 0 atom stereocenters. The van der Waals surface area contributed by atoms with Gasteiger partial charge in [-0.05, 0) is 19.2 Å². The maximum Gasteiger partial charge on any atom is 0.143 e. The number of halogens is 2. The lowest BCUT2D eigenvalue weighted by Gasteiger charge is -2.35. The third-order valence-electron chi connectivity index (χ3n) is 3.55. The van der Waals surface area contributed by atoms with E-state index < -0.39 is 0 Å². The molecule has 1 aromatic carbocycles. The zero-order valence-electron chi connectivity index (χ0n) is 10.8. The molecule has 0 aliphatic carbocycles. The predicted octanol–water partition coefficient (Wildman–Crippen LogP) is 2.31. The first-order valence-electron chi connectivity index (χ1n) is 6.36. The van der Waals surface area contributed by atoms with E-state index in [1.165, 1.54) is 0 Å². The first-order chi connectivity index (χ1) is 9.20. The maximum absolute atomic E-state index is 6.34. The van der Waals surface area contributed by atoms with E-state index in [0.29, 0.717) is 5.88 Å². The average molecular weight is 299 g/mol. The second-order valence-electron chi connectivity index (χ2n) is 4.84. The molecule has 102 valence electrons. The number of rotatable bonds is 2. The Morgan fingerprint density at radius 1 is 1.21 bits per heavy atom. The van der Waals surface area contributed by atoms with Gasteiger partial charge in [0.15, 0.2) is 0 Å². The van der Waals surface area contributed by atoms with Gasteiger partial charge in [0.05, 0.1) is 16.4 Å². The first-order valence-corrected chi connectivity index (χ1v) is 7.27. The number of hydrogen-bond donors (Lipinski definition) is 0. The summed E-state index contributed by atoms with van der Waals surface area (Å²) in [5.74, 6) is 1.24. The highest BCUT2D eigenvalue weighted by Gasteiger charge is 2.21. The van der Waals surface area contributed by atoms with Crippen LogP contribution in [0.25, 0.3) is 11.0 Å². The van der Waals surface area contributed by atoms with Crippen LogP contribution in [-0.2, 0) is 5.88 Å². The molecule has 0 radical (unpaired) electrons. The number of nitrogens with zero attached hydrogens (tertiary/aromatic N) is 4. The summed E-state index contributed by atoms with van der Waals surface area (Å²) in [7, 11) is 2.14. The Morgan fingerprint density at radius 2 is 1.95 bits per heavy atom. The normalized spacial score (nSPS) is 17.3. The van der Waals surface area contributed by atoms with Gasteiger partial charge in [0.1, 0.15) is 11.3 Å². The van der Waals surface area contributed by atoms with Crippen molar-refractivity contribution in [1.82, 2.24) is 14.6 Å². The van der Waals surface area contributed by atoms with E-state index in [1.54, 1.807) is 0 Å². The van der Waals surface area contributed by atoms with Crippen molar-refractivity contribution in [3.63, 3.8) is 0 Å². The second-order valence-corrected chi connectivity index (χ2v) is 5.51. The number of imidazole rings is 1. The minimum Gasteiger partial charge on any atom is -0.308 e. The van der Waals surface area contributed by atoms with E-state index in [-0.39, 0.29) is 0 Å². The lowest BCUT2D eigenvalue weighted by atomic mass is 10.3. The molecular weight excluding hydrogens is 283 g/mol. The Morgan fingerprint density at radius 3 is 2.63 bits per heavy atom. The Bertz CT molecular complexity index is 588. The fourth-order valence-corrected chi connectivity index (χ4v) is 2.93. The summed E-state index contributed by atoms with van der Waals surface area (Å²) in [6.07, 6.45) is 0. The van der Waals surface area contributed by atoms with Crippen molar-refractivity contribution in [1.29, 1.82) is 0 Å². The summed E-state index contributed by atoms with van der Waals surface area (Å²) >= 11 is 12.4. The molecule has 0 amide bonds. The predicted molar refractivity (Wildman–Crippen MR) is 79.7 cm³/mol. The summed E-state index contributed by atoms with van der Waals surface area (Å²) in [6, 6.07) is 5.80. The van der Waals surface area contributed by atoms with Crippen molar-refractivity contribution >= 4 is 34.2 Å². The highest BCUT2D eigenvalue weighted by Crippen LogP contribution is 2.26. The molecule has 0 bridgehead atoms. The molecule has 1 fully saturated rings. The van der Waals surface area contributed by atoms with Crippen LogP contribution in [0.3, 0.4) is 0 Å². The molecule has 3 rings (SSSR count). The highest BCUT2D eigenvalue weighted by molar-refractivity contribution is 6.35. The fraction of sp³-hybridized carbons (Fsp3) is 0.462. The van der Waals surface area contributed by atoms with Crippen molar-refractivity contribution in [2.45, 2.75) is 5.88 Å². The summed E-state index contributed by atoms with van der Waals surface area (Å²) in [5.41, 5.74) is 1.87. The number of benzene rings is 1. The summed E-state index contributed by atoms with van der Waals surface area (Å²) in [6.45, 7) is 3.98. The first kappa shape index (κ1) is 13.0. The third kappa shape index (κ3) is 2.29. The van der Waals surface area contributed by atoms with E-state index in [2.05, 4.69) is 26.6 Å². The standard InChI is InChI=1S/C13H16Cl2N4/c1-17-5-7-18(8-6-17)19-12(9-14)16-11-4-2-3-10(15)13(11)19/h2-4H,5-9H2,1H3. The smallest absolute Gasteiger partial charge is 0.143 e. The van der Waals surface area contributed by atoms with Gasteiger partial charge in [-0.2, -0.15) is 0 Å². The molecule has 4 nitrogen and oxygen atoms in total. The lowest BCUT2D eigenvalue weighted by Crippen LogP contribution is -2.50. The average Bonchev–Trinajstić information content (AvgIpc) is 2.80. The van der Waals surface area contributed by atoms with Crippen LogP contribution in [0.5, 0.6) is 0 Å². The SMILES string of the molecule is CN1CCN(n2c(CCl)nc3cccc(Cl)c32)CC1. The van der Waals surface area contributed by atoms with Gasteiger partial charge >= 0.3 is 0 Å². The van der Waals surface area contributed by atoms with Crippen LogP contribution in [0.1, 0.15) is 5.82 Å². The monoisotopic (exact) mass is 298 g/mol. The third-order valence-corrected chi connectivity index (χ3v) is 4.10. The number of para-hydroxylation sites is 1. The molecule has 0 unspecified atom stereocenters. The van der Waals surface area contributed by atoms with Gasteiger partial charge in [-0.1, -0.05) is 17.7 Å². The topological polar surface area (TPSA) is 24.3 Å². The van der Waals surface area contributed by atoms with Gasteiger partial charge in [-0.15, -0.1) is 11.6 Å². The van der Waals surface area contributed by atoms with E-state index in [4.69, 9.17) is 23.2 Å². The molecule has 1 saturated heterocycles. The number of alkyl halides is 1. The van der Waals surface area contributed by atoms with Gasteiger partial charge in [0.2, 0.25) is 0 Å². The largest absolute Gasteiger partial charge is 0.308 e. The van der Waals surface area contributed by atoms with Crippen LogP contribution in [0.2, 0.25) is 5.02 Å². The number of hydrogen-bond acceptors (Lipinski definition) is 3. The maximum atomic E-state index is 6.34. The van der Waals surface area contributed by atoms with Crippen LogP contribution in [0.15, 0.2) is 18.2 Å². The molecule has 2 aromatic rings. The fourth-order valence-electron chi connectivity index (χ4n) is 2.51. The zero-order chi connectivity index (χ0) is 13.4. The van der Waals surface area contributed by atoms with Gasteiger partial charge in [0.25, 0.3) is 0 Å². The molecule has 0 spiro atoms.